The van der Waals surface area contributed by atoms with Crippen LogP contribution in [0.4, 0.5) is 18.0 Å². The summed E-state index contributed by atoms with van der Waals surface area (Å²) in [4.78, 5) is 25.9. The van der Waals surface area contributed by atoms with Gasteiger partial charge in [0, 0.05) is 19.2 Å². The third-order valence-corrected chi connectivity index (χ3v) is 4.91. The van der Waals surface area contributed by atoms with Crippen molar-refractivity contribution in [3.05, 3.63) is 41.5 Å². The lowest BCUT2D eigenvalue weighted by Gasteiger charge is -2.33. The van der Waals surface area contributed by atoms with E-state index in [0.29, 0.717) is 43.5 Å². The Hall–Kier alpha value is -2.51. The van der Waals surface area contributed by atoms with Crippen molar-refractivity contribution >= 4 is 17.6 Å². The minimum absolute atomic E-state index is 0.119. The first-order valence-corrected chi connectivity index (χ1v) is 10.4. The largest absolute Gasteiger partial charge is 0.463 e. The number of allylic oxidation sites excluding steroid dienone is 1. The molecule has 0 saturated carbocycles. The van der Waals surface area contributed by atoms with Gasteiger partial charge in [0.25, 0.3) is 0 Å². The van der Waals surface area contributed by atoms with Crippen molar-refractivity contribution in [1.82, 2.24) is 4.90 Å². The minimum Gasteiger partial charge on any atom is -0.463 e. The van der Waals surface area contributed by atoms with Crippen LogP contribution in [0.3, 0.4) is 0 Å². The van der Waals surface area contributed by atoms with Gasteiger partial charge in [-0.3, -0.25) is 0 Å². The van der Waals surface area contributed by atoms with Crippen LogP contribution in [0.2, 0.25) is 0 Å². The van der Waals surface area contributed by atoms with Crippen LogP contribution < -0.4 is 0 Å². The molecule has 1 fully saturated rings. The highest BCUT2D eigenvalue weighted by atomic mass is 19.4. The summed E-state index contributed by atoms with van der Waals surface area (Å²) in [5.41, 5.74) is -0.496. The first-order valence-electron chi connectivity index (χ1n) is 10.4. The Bertz CT molecular complexity index is 804. The Morgan fingerprint density at radius 1 is 1.16 bits per heavy atom. The molecule has 172 valence electrons. The van der Waals surface area contributed by atoms with Crippen LogP contribution in [0.25, 0.3) is 5.57 Å². The fourth-order valence-corrected chi connectivity index (χ4v) is 3.44. The molecule has 1 aliphatic rings. The topological polar surface area (TPSA) is 55.8 Å². The predicted molar refractivity (Wildman–Crippen MR) is 111 cm³/mol. The number of rotatable bonds is 5. The molecule has 2 rings (SSSR count). The first kappa shape index (κ1) is 24.8. The summed E-state index contributed by atoms with van der Waals surface area (Å²) < 4.78 is 49.8. The van der Waals surface area contributed by atoms with E-state index in [0.717, 1.165) is 12.1 Å². The van der Waals surface area contributed by atoms with Crippen molar-refractivity contribution in [1.29, 1.82) is 0 Å². The number of nitrogens with zero attached hydrogens (tertiary/aromatic N) is 1. The molecule has 0 unspecified atom stereocenters. The van der Waals surface area contributed by atoms with Crippen LogP contribution in [-0.4, -0.2) is 42.3 Å². The van der Waals surface area contributed by atoms with E-state index in [2.05, 4.69) is 0 Å². The Labute approximate surface area is 181 Å². The third-order valence-electron chi connectivity index (χ3n) is 4.91. The molecular weight excluding hydrogens is 411 g/mol. The zero-order chi connectivity index (χ0) is 23.2. The van der Waals surface area contributed by atoms with Crippen LogP contribution in [-0.2, 0) is 20.4 Å². The van der Waals surface area contributed by atoms with E-state index in [-0.39, 0.29) is 18.6 Å². The van der Waals surface area contributed by atoms with Crippen molar-refractivity contribution in [3.8, 4) is 0 Å². The molecule has 1 saturated heterocycles. The standard InChI is InChI=1S/C23H30F3NO4/c1-5-30-20(28)15-18(17-7-6-8-19(14-17)23(24,25)26)13-16-9-11-27(12-10-16)21(29)31-22(2,3)4/h6-8,14-16H,5,9-13H2,1-4H3/b18-15+. The monoisotopic (exact) mass is 441 g/mol. The van der Waals surface area contributed by atoms with Crippen molar-refractivity contribution < 1.29 is 32.2 Å². The summed E-state index contributed by atoms with van der Waals surface area (Å²) in [6.07, 6.45) is -1.81. The van der Waals surface area contributed by atoms with E-state index in [1.165, 1.54) is 12.1 Å². The number of amides is 1. The molecule has 1 aromatic rings. The highest BCUT2D eigenvalue weighted by molar-refractivity contribution is 5.91. The van der Waals surface area contributed by atoms with Crippen molar-refractivity contribution in [2.75, 3.05) is 19.7 Å². The van der Waals surface area contributed by atoms with E-state index in [1.807, 2.05) is 0 Å². The Balaban J connectivity index is 2.14. The fourth-order valence-electron chi connectivity index (χ4n) is 3.44. The maximum atomic E-state index is 13.1. The number of ether oxygens (including phenoxy) is 2. The Morgan fingerprint density at radius 3 is 2.35 bits per heavy atom. The predicted octanol–water partition coefficient (Wildman–Crippen LogP) is 5.69. The van der Waals surface area contributed by atoms with E-state index >= 15 is 0 Å². The molecule has 0 N–H and O–H groups in total. The van der Waals surface area contributed by atoms with Crippen LogP contribution in [0, 0.1) is 5.92 Å². The van der Waals surface area contributed by atoms with Gasteiger partial charge in [0.2, 0.25) is 0 Å². The minimum atomic E-state index is -4.47. The van der Waals surface area contributed by atoms with Gasteiger partial charge in [-0.25, -0.2) is 9.59 Å². The molecule has 0 aromatic heterocycles. The van der Waals surface area contributed by atoms with Gasteiger partial charge in [-0.2, -0.15) is 13.2 Å². The zero-order valence-corrected chi connectivity index (χ0v) is 18.4. The lowest BCUT2D eigenvalue weighted by molar-refractivity contribution is -0.138. The van der Waals surface area contributed by atoms with Gasteiger partial charge in [0.05, 0.1) is 12.2 Å². The number of benzene rings is 1. The number of hydrogen-bond donors (Lipinski definition) is 0. The van der Waals surface area contributed by atoms with Gasteiger partial charge in [0.15, 0.2) is 0 Å². The number of likely N-dealkylation sites (tertiary alicyclic amines) is 1. The van der Waals surface area contributed by atoms with E-state index < -0.39 is 23.3 Å². The van der Waals surface area contributed by atoms with Crippen LogP contribution in [0.1, 0.15) is 58.1 Å². The maximum Gasteiger partial charge on any atom is 0.416 e. The molecule has 0 radical (unpaired) electrons. The molecule has 0 spiro atoms. The summed E-state index contributed by atoms with van der Waals surface area (Å²) in [5.74, 6) is -0.463. The van der Waals surface area contributed by atoms with Gasteiger partial charge < -0.3 is 14.4 Å². The van der Waals surface area contributed by atoms with Gasteiger partial charge >= 0.3 is 18.2 Å². The van der Waals surface area contributed by atoms with Crippen molar-refractivity contribution in [2.45, 2.75) is 58.7 Å². The molecule has 31 heavy (non-hydrogen) atoms. The van der Waals surface area contributed by atoms with Gasteiger partial charge in [0.1, 0.15) is 5.60 Å². The van der Waals surface area contributed by atoms with E-state index in [1.54, 1.807) is 38.7 Å². The number of alkyl halides is 3. The van der Waals surface area contributed by atoms with Crippen LogP contribution >= 0.6 is 0 Å². The Kier molecular flexibility index (Phi) is 8.14. The number of carbonyl (C=O) groups excluding carboxylic acids is 2. The van der Waals surface area contributed by atoms with Crippen molar-refractivity contribution in [3.63, 3.8) is 0 Å². The molecule has 1 amide bonds. The summed E-state index contributed by atoms with van der Waals surface area (Å²) >= 11 is 0. The van der Waals surface area contributed by atoms with Gasteiger partial charge in [-0.15, -0.1) is 0 Å². The lowest BCUT2D eigenvalue weighted by Crippen LogP contribution is -2.41. The van der Waals surface area contributed by atoms with Gasteiger partial charge in [-0.05, 0) is 76.1 Å². The summed E-state index contributed by atoms with van der Waals surface area (Å²) in [6, 6.07) is 4.96. The second-order valence-corrected chi connectivity index (χ2v) is 8.62. The maximum absolute atomic E-state index is 13.1. The summed E-state index contributed by atoms with van der Waals surface area (Å²) in [6.45, 7) is 8.25. The highest BCUT2D eigenvalue weighted by Gasteiger charge is 2.31. The van der Waals surface area contributed by atoms with E-state index in [4.69, 9.17) is 9.47 Å². The zero-order valence-electron chi connectivity index (χ0n) is 18.4. The molecule has 8 heteroatoms. The molecular formula is C23H30F3NO4. The number of esters is 1. The van der Waals surface area contributed by atoms with Gasteiger partial charge in [-0.1, -0.05) is 12.1 Å². The normalized spacial score (nSPS) is 16.2. The van der Waals surface area contributed by atoms with Crippen LogP contribution in [0.5, 0.6) is 0 Å². The second-order valence-electron chi connectivity index (χ2n) is 8.62. The summed E-state index contributed by atoms with van der Waals surface area (Å²) in [5, 5.41) is 0. The average Bonchev–Trinajstić information content (AvgIpc) is 2.66. The molecule has 0 aliphatic carbocycles. The third kappa shape index (κ3) is 7.92. The molecule has 1 aliphatic heterocycles. The fraction of sp³-hybridized carbons (Fsp3) is 0.565. The van der Waals surface area contributed by atoms with Crippen molar-refractivity contribution in [2.24, 2.45) is 5.92 Å². The van der Waals surface area contributed by atoms with E-state index in [9.17, 15) is 22.8 Å². The first-order chi connectivity index (χ1) is 14.4. The SMILES string of the molecule is CCOC(=O)/C=C(\CC1CCN(C(=O)OC(C)(C)C)CC1)c1cccc(C(F)(F)F)c1. The lowest BCUT2D eigenvalue weighted by atomic mass is 9.87. The smallest absolute Gasteiger partial charge is 0.416 e. The number of piperidine rings is 1. The Morgan fingerprint density at radius 2 is 1.81 bits per heavy atom. The highest BCUT2D eigenvalue weighted by Crippen LogP contribution is 2.34. The molecule has 0 atom stereocenters. The second kappa shape index (κ2) is 10.2. The number of hydrogen-bond acceptors (Lipinski definition) is 4. The quantitative estimate of drug-likeness (QED) is 0.435. The molecule has 1 heterocycles. The molecule has 1 aromatic carbocycles. The molecule has 5 nitrogen and oxygen atoms in total. The summed E-state index contributed by atoms with van der Waals surface area (Å²) in [7, 11) is 0. The van der Waals surface area contributed by atoms with Crippen LogP contribution in [0.15, 0.2) is 30.3 Å². The molecule has 0 bridgehead atoms. The number of halogens is 3. The number of carbonyl (C=O) groups is 2. The average molecular weight is 441 g/mol.